The maximum atomic E-state index is 11.1. The Hall–Kier alpha value is -2.60. The summed E-state index contributed by atoms with van der Waals surface area (Å²) in [5.41, 5.74) is 1.18. The van der Waals surface area contributed by atoms with Crippen molar-refractivity contribution in [3.05, 3.63) is 53.7 Å². The van der Waals surface area contributed by atoms with Gasteiger partial charge >= 0.3 is 5.97 Å². The van der Waals surface area contributed by atoms with Gasteiger partial charge in [-0.05, 0) is 44.1 Å². The Balaban J connectivity index is 1.82. The third-order valence-electron chi connectivity index (χ3n) is 4.77. The molecule has 1 aliphatic rings. The third kappa shape index (κ3) is 4.32. The van der Waals surface area contributed by atoms with Crippen LogP contribution < -0.4 is 10.1 Å². The summed E-state index contributed by atoms with van der Waals surface area (Å²) in [6.45, 7) is 2.73. The second-order valence-corrected chi connectivity index (χ2v) is 6.45. The maximum absolute atomic E-state index is 11.1. The van der Waals surface area contributed by atoms with Crippen molar-refractivity contribution >= 4 is 11.8 Å². The Labute approximate surface area is 153 Å². The number of likely N-dealkylation sites (tertiary alicyclic amines) is 1. The lowest BCUT2D eigenvalue weighted by atomic mass is 10.0. The van der Waals surface area contributed by atoms with E-state index in [0.717, 1.165) is 24.4 Å². The second-order valence-electron chi connectivity index (χ2n) is 6.45. The molecule has 6 nitrogen and oxygen atoms in total. The maximum Gasteiger partial charge on any atom is 0.354 e. The van der Waals surface area contributed by atoms with Crippen LogP contribution in [0.25, 0.3) is 0 Å². The summed E-state index contributed by atoms with van der Waals surface area (Å²) in [4.78, 5) is 17.8. The molecule has 3 rings (SSSR count). The molecule has 2 heterocycles. The zero-order chi connectivity index (χ0) is 18.4. The number of hydrogen-bond donors (Lipinski definition) is 2. The van der Waals surface area contributed by atoms with Crippen molar-refractivity contribution in [3.8, 4) is 5.75 Å². The summed E-state index contributed by atoms with van der Waals surface area (Å²) in [5.74, 6) is 0.421. The summed E-state index contributed by atoms with van der Waals surface area (Å²) >= 11 is 0. The Morgan fingerprint density at radius 1 is 1.19 bits per heavy atom. The number of carboxylic acid groups (broad SMARTS) is 1. The minimum absolute atomic E-state index is 0.0433. The lowest BCUT2D eigenvalue weighted by Gasteiger charge is -2.35. The predicted molar refractivity (Wildman–Crippen MR) is 101 cm³/mol. The number of rotatable bonds is 7. The van der Waals surface area contributed by atoms with Crippen molar-refractivity contribution in [2.45, 2.75) is 25.3 Å². The normalized spacial score (nSPS) is 16.0. The zero-order valence-electron chi connectivity index (χ0n) is 15.0. The molecule has 2 N–H and O–H groups in total. The fourth-order valence-corrected chi connectivity index (χ4v) is 3.46. The van der Waals surface area contributed by atoms with Crippen LogP contribution in [0.3, 0.4) is 0 Å². The fourth-order valence-electron chi connectivity index (χ4n) is 3.46. The highest BCUT2D eigenvalue weighted by atomic mass is 16.5. The molecule has 1 aromatic carbocycles. The molecule has 0 spiro atoms. The van der Waals surface area contributed by atoms with E-state index in [1.54, 1.807) is 19.2 Å². The largest absolute Gasteiger partial charge is 0.496 e. The number of pyridine rings is 1. The Bertz CT molecular complexity index is 745. The van der Waals surface area contributed by atoms with Crippen LogP contribution in [0.2, 0.25) is 0 Å². The number of carboxylic acids is 1. The van der Waals surface area contributed by atoms with E-state index in [9.17, 15) is 4.79 Å². The van der Waals surface area contributed by atoms with E-state index in [4.69, 9.17) is 9.84 Å². The van der Waals surface area contributed by atoms with Crippen LogP contribution in [-0.4, -0.2) is 47.7 Å². The van der Waals surface area contributed by atoms with E-state index in [1.807, 2.05) is 18.2 Å². The molecular formula is C20H25N3O3. The van der Waals surface area contributed by atoms with E-state index in [0.29, 0.717) is 12.4 Å². The van der Waals surface area contributed by atoms with Gasteiger partial charge in [-0.25, -0.2) is 9.78 Å². The van der Waals surface area contributed by atoms with Gasteiger partial charge in [-0.3, -0.25) is 4.90 Å². The number of methoxy groups -OCH3 is 1. The highest BCUT2D eigenvalue weighted by Crippen LogP contribution is 2.31. The van der Waals surface area contributed by atoms with Crippen molar-refractivity contribution in [1.29, 1.82) is 0 Å². The summed E-state index contributed by atoms with van der Waals surface area (Å²) in [5, 5.41) is 12.4. The Morgan fingerprint density at radius 3 is 2.69 bits per heavy atom. The molecule has 0 aliphatic carbocycles. The van der Waals surface area contributed by atoms with Gasteiger partial charge in [-0.15, -0.1) is 0 Å². The molecule has 138 valence electrons. The van der Waals surface area contributed by atoms with Gasteiger partial charge in [0.1, 0.15) is 11.6 Å². The fraction of sp³-hybridized carbons (Fsp3) is 0.400. The van der Waals surface area contributed by atoms with Gasteiger partial charge in [0.2, 0.25) is 0 Å². The van der Waals surface area contributed by atoms with E-state index in [2.05, 4.69) is 21.3 Å². The van der Waals surface area contributed by atoms with E-state index >= 15 is 0 Å². The number of nitrogens with one attached hydrogen (secondary N) is 1. The highest BCUT2D eigenvalue weighted by molar-refractivity contribution is 5.85. The topological polar surface area (TPSA) is 74.7 Å². The smallest absolute Gasteiger partial charge is 0.354 e. The molecule has 1 saturated heterocycles. The third-order valence-corrected chi connectivity index (χ3v) is 4.77. The van der Waals surface area contributed by atoms with Crippen LogP contribution in [0.4, 0.5) is 5.82 Å². The van der Waals surface area contributed by atoms with Crippen LogP contribution in [0.5, 0.6) is 5.75 Å². The van der Waals surface area contributed by atoms with Crippen LogP contribution in [-0.2, 0) is 0 Å². The Morgan fingerprint density at radius 2 is 1.96 bits per heavy atom. The van der Waals surface area contributed by atoms with Crippen molar-refractivity contribution < 1.29 is 14.6 Å². The standard InChI is InChI=1S/C20H25N3O3/c1-26-18-10-4-3-8-15(18)17(23-12-5-2-6-13-23)14-21-19-11-7-9-16(22-19)20(24)25/h3-4,7-11,17H,2,5-6,12-14H2,1H3,(H,21,22)(H,24,25). The number of anilines is 1. The molecule has 6 heteroatoms. The summed E-state index contributed by atoms with van der Waals surface area (Å²) in [7, 11) is 1.69. The minimum Gasteiger partial charge on any atom is -0.496 e. The number of aromatic nitrogens is 1. The van der Waals surface area contributed by atoms with Gasteiger partial charge in [0, 0.05) is 12.1 Å². The highest BCUT2D eigenvalue weighted by Gasteiger charge is 2.24. The molecule has 0 amide bonds. The number of ether oxygens (including phenoxy) is 1. The van der Waals surface area contributed by atoms with Crippen molar-refractivity contribution in [1.82, 2.24) is 9.88 Å². The van der Waals surface area contributed by atoms with Crippen molar-refractivity contribution in [2.24, 2.45) is 0 Å². The van der Waals surface area contributed by atoms with Gasteiger partial charge in [0.25, 0.3) is 0 Å². The second kappa shape index (κ2) is 8.67. The number of aromatic carboxylic acids is 1. The monoisotopic (exact) mass is 355 g/mol. The average molecular weight is 355 g/mol. The predicted octanol–water partition coefficient (Wildman–Crippen LogP) is 3.43. The first-order valence-corrected chi connectivity index (χ1v) is 9.00. The number of para-hydroxylation sites is 1. The number of hydrogen-bond acceptors (Lipinski definition) is 5. The number of nitrogens with zero attached hydrogens (tertiary/aromatic N) is 2. The van der Waals surface area contributed by atoms with Crippen LogP contribution in [0.15, 0.2) is 42.5 Å². The number of benzene rings is 1. The van der Waals surface area contributed by atoms with E-state index in [1.165, 1.54) is 25.3 Å². The molecule has 1 aliphatic heterocycles. The molecule has 1 aromatic heterocycles. The SMILES string of the molecule is COc1ccccc1C(CNc1cccc(C(=O)O)n1)N1CCCCC1. The number of piperidine rings is 1. The van der Waals surface area contributed by atoms with Crippen molar-refractivity contribution in [2.75, 3.05) is 32.1 Å². The minimum atomic E-state index is -1.02. The quantitative estimate of drug-likeness (QED) is 0.793. The molecule has 1 unspecified atom stereocenters. The lowest BCUT2D eigenvalue weighted by Crippen LogP contribution is -2.37. The average Bonchev–Trinajstić information content (AvgIpc) is 2.69. The van der Waals surface area contributed by atoms with Gasteiger partial charge in [0.05, 0.1) is 13.2 Å². The first-order valence-electron chi connectivity index (χ1n) is 9.00. The Kier molecular flexibility index (Phi) is 6.07. The molecule has 1 atom stereocenters. The summed E-state index contributed by atoms with van der Waals surface area (Å²) in [6.07, 6.45) is 3.65. The van der Waals surface area contributed by atoms with Gasteiger partial charge in [0.15, 0.2) is 5.69 Å². The molecule has 0 radical (unpaired) electrons. The van der Waals surface area contributed by atoms with Gasteiger partial charge < -0.3 is 15.2 Å². The first kappa shape index (κ1) is 18.2. The number of carbonyl (C=O) groups is 1. The molecule has 0 saturated carbocycles. The van der Waals surface area contributed by atoms with E-state index in [-0.39, 0.29) is 11.7 Å². The first-order chi connectivity index (χ1) is 12.7. The lowest BCUT2D eigenvalue weighted by molar-refractivity contribution is 0.0690. The molecular weight excluding hydrogens is 330 g/mol. The van der Waals surface area contributed by atoms with Crippen LogP contribution in [0, 0.1) is 0 Å². The summed E-state index contributed by atoms with van der Waals surface area (Å²) in [6, 6.07) is 13.2. The molecule has 26 heavy (non-hydrogen) atoms. The van der Waals surface area contributed by atoms with Crippen LogP contribution in [0.1, 0.15) is 41.4 Å². The van der Waals surface area contributed by atoms with Crippen LogP contribution >= 0.6 is 0 Å². The van der Waals surface area contributed by atoms with Crippen molar-refractivity contribution in [3.63, 3.8) is 0 Å². The molecule has 0 bridgehead atoms. The van der Waals surface area contributed by atoms with Gasteiger partial charge in [-0.2, -0.15) is 0 Å². The molecule has 1 fully saturated rings. The summed E-state index contributed by atoms with van der Waals surface area (Å²) < 4.78 is 5.57. The molecule has 2 aromatic rings. The van der Waals surface area contributed by atoms with Gasteiger partial charge in [-0.1, -0.05) is 30.7 Å². The van der Waals surface area contributed by atoms with E-state index < -0.39 is 5.97 Å². The zero-order valence-corrected chi connectivity index (χ0v) is 15.0.